The molecule has 0 radical (unpaired) electrons. The Kier molecular flexibility index (Phi) is 7.81. The van der Waals surface area contributed by atoms with Crippen molar-refractivity contribution in [2.24, 2.45) is 11.7 Å². The summed E-state index contributed by atoms with van der Waals surface area (Å²) in [5, 5.41) is 8.80. The molecule has 184 valence electrons. The molecule has 2 fully saturated rings. The number of halogens is 3. The predicted octanol–water partition coefficient (Wildman–Crippen LogP) is 2.56. The van der Waals surface area contributed by atoms with Gasteiger partial charge in [-0.15, -0.1) is 0 Å². The van der Waals surface area contributed by atoms with Crippen molar-refractivity contribution < 1.29 is 23.1 Å². The van der Waals surface area contributed by atoms with E-state index in [-0.39, 0.29) is 27.0 Å². The van der Waals surface area contributed by atoms with Gasteiger partial charge in [-0.2, -0.15) is 4.37 Å². The molecule has 0 aliphatic carbocycles. The molecule has 2 aliphatic rings. The van der Waals surface area contributed by atoms with Crippen molar-refractivity contribution in [2.75, 3.05) is 38.0 Å². The maximum absolute atomic E-state index is 14.0. The van der Waals surface area contributed by atoms with Crippen LogP contribution in [-0.4, -0.2) is 60.0 Å². The van der Waals surface area contributed by atoms with Gasteiger partial charge >= 0.3 is 6.03 Å². The van der Waals surface area contributed by atoms with Gasteiger partial charge < -0.3 is 21.1 Å². The van der Waals surface area contributed by atoms with Crippen molar-refractivity contribution >= 4 is 40.1 Å². The van der Waals surface area contributed by atoms with Gasteiger partial charge in [-0.1, -0.05) is 11.6 Å². The van der Waals surface area contributed by atoms with Gasteiger partial charge in [0.25, 0.3) is 5.91 Å². The number of primary amides is 1. The molecule has 5 N–H and O–H groups in total. The Hall–Kier alpha value is -2.54. The van der Waals surface area contributed by atoms with Crippen LogP contribution in [0.4, 0.5) is 18.6 Å². The van der Waals surface area contributed by atoms with E-state index in [1.165, 1.54) is 0 Å². The first kappa shape index (κ1) is 24.6. The van der Waals surface area contributed by atoms with Crippen LogP contribution >= 0.6 is 23.1 Å². The highest BCUT2D eigenvalue weighted by Gasteiger charge is 2.30. The Morgan fingerprint density at radius 1 is 1.32 bits per heavy atom. The molecule has 2 aromatic rings. The lowest BCUT2D eigenvalue weighted by atomic mass is 9.91. The Bertz CT molecular complexity index is 1050. The third-order valence-electron chi connectivity index (χ3n) is 6.02. The Balaban J connectivity index is 1.34. The number of fused-ring (bicyclic) bond motifs is 1. The molecule has 2 atom stereocenters. The number of nitrogens with two attached hydrogens (primary N) is 1. The van der Waals surface area contributed by atoms with Gasteiger partial charge in [-0.25, -0.2) is 13.6 Å². The summed E-state index contributed by atoms with van der Waals surface area (Å²) in [7, 11) is 0. The summed E-state index contributed by atoms with van der Waals surface area (Å²) in [6.45, 7) is 3.85. The zero-order valence-electron chi connectivity index (χ0n) is 18.2. The summed E-state index contributed by atoms with van der Waals surface area (Å²) in [6.07, 6.45) is 2.10. The number of anilines is 1. The molecule has 4 rings (SSSR count). The quantitative estimate of drug-likeness (QED) is 0.450. The monoisotopic (exact) mass is 514 g/mol. The van der Waals surface area contributed by atoms with Crippen LogP contribution in [0.5, 0.6) is 5.88 Å². The molecule has 2 unspecified atom stereocenters. The largest absolute Gasteiger partial charge is 0.471 e. The van der Waals surface area contributed by atoms with Crippen molar-refractivity contribution in [1.82, 2.24) is 19.9 Å². The lowest BCUT2D eigenvalue weighted by molar-refractivity contribution is 0.0860. The number of aromatic nitrogens is 1. The molecular weight excluding hydrogens is 490 g/mol. The van der Waals surface area contributed by atoms with Crippen molar-refractivity contribution in [3.8, 4) is 5.88 Å². The zero-order valence-corrected chi connectivity index (χ0v) is 19.8. The number of carbonyl (C=O) groups is 2. The fourth-order valence-electron chi connectivity index (χ4n) is 4.26. The SMILES string of the molecule is NC(=O)c1c(OCc2c(F)cc(Cl)cc2F)nsc1NC(=O)NCC1CCC2CNCCN2C1. The van der Waals surface area contributed by atoms with Crippen LogP contribution in [0.1, 0.15) is 28.8 Å². The molecular formula is C21H25ClF2N6O3S. The number of hydrogen-bond acceptors (Lipinski definition) is 7. The minimum Gasteiger partial charge on any atom is -0.471 e. The second-order valence-corrected chi connectivity index (χ2v) is 9.53. The summed E-state index contributed by atoms with van der Waals surface area (Å²) in [6, 6.07) is 1.95. The number of benzene rings is 1. The average Bonchev–Trinajstić information content (AvgIpc) is 3.19. The van der Waals surface area contributed by atoms with E-state index < -0.39 is 30.2 Å². The predicted molar refractivity (Wildman–Crippen MR) is 124 cm³/mol. The van der Waals surface area contributed by atoms with Gasteiger partial charge in [0, 0.05) is 43.8 Å². The van der Waals surface area contributed by atoms with Crippen molar-refractivity contribution in [3.05, 3.63) is 39.9 Å². The molecule has 13 heteroatoms. The summed E-state index contributed by atoms with van der Waals surface area (Å²) >= 11 is 6.40. The van der Waals surface area contributed by atoms with Gasteiger partial charge in [-0.05, 0) is 42.4 Å². The molecule has 0 spiro atoms. The normalized spacial score (nSPS) is 20.4. The molecule has 34 heavy (non-hydrogen) atoms. The number of nitrogens with zero attached hydrogens (tertiary/aromatic N) is 2. The number of rotatable bonds is 7. The van der Waals surface area contributed by atoms with E-state index in [9.17, 15) is 18.4 Å². The van der Waals surface area contributed by atoms with E-state index in [2.05, 4.69) is 25.2 Å². The van der Waals surface area contributed by atoms with Gasteiger partial charge in [0.1, 0.15) is 28.8 Å². The van der Waals surface area contributed by atoms with Crippen LogP contribution in [0, 0.1) is 17.6 Å². The molecule has 2 aliphatic heterocycles. The summed E-state index contributed by atoms with van der Waals surface area (Å²) in [5.41, 5.74) is 4.89. The number of ether oxygens (including phenoxy) is 1. The molecule has 9 nitrogen and oxygen atoms in total. The van der Waals surface area contributed by atoms with Crippen molar-refractivity contribution in [1.29, 1.82) is 0 Å². The van der Waals surface area contributed by atoms with E-state index in [1.54, 1.807) is 0 Å². The van der Waals surface area contributed by atoms with Gasteiger partial charge in [0.05, 0.1) is 5.56 Å². The number of piperidine rings is 1. The van der Waals surface area contributed by atoms with Gasteiger partial charge in [0.15, 0.2) is 0 Å². The summed E-state index contributed by atoms with van der Waals surface area (Å²) in [5.74, 6) is -2.58. The first-order chi connectivity index (χ1) is 16.3. The van der Waals surface area contributed by atoms with E-state index in [4.69, 9.17) is 22.1 Å². The number of nitrogens with one attached hydrogen (secondary N) is 3. The molecule has 3 amide bonds. The number of piperazine rings is 1. The lowest BCUT2D eigenvalue weighted by Gasteiger charge is -2.42. The fourth-order valence-corrected chi connectivity index (χ4v) is 5.18. The lowest BCUT2D eigenvalue weighted by Crippen LogP contribution is -2.56. The second-order valence-electron chi connectivity index (χ2n) is 8.32. The van der Waals surface area contributed by atoms with Crippen LogP contribution in [0.15, 0.2) is 12.1 Å². The van der Waals surface area contributed by atoms with E-state index in [0.717, 1.165) is 62.7 Å². The summed E-state index contributed by atoms with van der Waals surface area (Å²) in [4.78, 5) is 26.9. The Morgan fingerprint density at radius 3 is 2.82 bits per heavy atom. The molecule has 1 aromatic carbocycles. The topological polar surface area (TPSA) is 122 Å². The number of hydrogen-bond donors (Lipinski definition) is 4. The highest BCUT2D eigenvalue weighted by atomic mass is 35.5. The van der Waals surface area contributed by atoms with Crippen LogP contribution in [0.2, 0.25) is 5.02 Å². The average molecular weight is 515 g/mol. The van der Waals surface area contributed by atoms with Crippen LogP contribution < -0.4 is 26.4 Å². The molecule has 0 bridgehead atoms. The van der Waals surface area contributed by atoms with Crippen molar-refractivity contribution in [2.45, 2.75) is 25.5 Å². The Morgan fingerprint density at radius 2 is 2.09 bits per heavy atom. The highest BCUT2D eigenvalue weighted by Crippen LogP contribution is 2.31. The zero-order chi connectivity index (χ0) is 24.2. The molecule has 2 saturated heterocycles. The first-order valence-corrected chi connectivity index (χ1v) is 12.0. The Labute approximate surface area is 204 Å². The first-order valence-electron chi connectivity index (χ1n) is 10.9. The van der Waals surface area contributed by atoms with E-state index in [0.29, 0.717) is 18.5 Å². The van der Waals surface area contributed by atoms with E-state index >= 15 is 0 Å². The second kappa shape index (κ2) is 10.8. The van der Waals surface area contributed by atoms with E-state index in [1.807, 2.05) is 0 Å². The maximum Gasteiger partial charge on any atom is 0.319 e. The fraction of sp³-hybridized carbons (Fsp3) is 0.476. The van der Waals surface area contributed by atoms with Crippen LogP contribution in [0.3, 0.4) is 0 Å². The van der Waals surface area contributed by atoms with Crippen LogP contribution in [-0.2, 0) is 6.61 Å². The van der Waals surface area contributed by atoms with Crippen LogP contribution in [0.25, 0.3) is 0 Å². The van der Waals surface area contributed by atoms with Gasteiger partial charge in [0.2, 0.25) is 5.88 Å². The van der Waals surface area contributed by atoms with Crippen molar-refractivity contribution in [3.63, 3.8) is 0 Å². The third kappa shape index (κ3) is 5.74. The number of urea groups is 1. The molecule has 3 heterocycles. The minimum atomic E-state index is -0.895. The minimum absolute atomic E-state index is 0.0860. The number of carbonyl (C=O) groups excluding carboxylic acids is 2. The summed E-state index contributed by atoms with van der Waals surface area (Å²) < 4.78 is 37.3. The van der Waals surface area contributed by atoms with Gasteiger partial charge in [-0.3, -0.25) is 15.0 Å². The maximum atomic E-state index is 14.0. The highest BCUT2D eigenvalue weighted by molar-refractivity contribution is 7.11. The third-order valence-corrected chi connectivity index (χ3v) is 6.98. The standard InChI is InChI=1S/C21H25ClF2N6O3S/c22-12-5-15(23)14(16(24)6-12)10-33-19-17(18(25)31)20(34-29-19)28-21(32)27-7-11-1-2-13-8-26-3-4-30(13)9-11/h5-6,11,13,26H,1-4,7-10H2,(H2,25,31)(H2,27,28,32). The number of amides is 3. The molecule has 1 aromatic heterocycles. The molecule has 0 saturated carbocycles. The smallest absolute Gasteiger partial charge is 0.319 e.